The summed E-state index contributed by atoms with van der Waals surface area (Å²) in [5.74, 6) is 1.57. The Labute approximate surface area is 108 Å². The van der Waals surface area contributed by atoms with Crippen molar-refractivity contribution in [1.29, 1.82) is 0 Å². The van der Waals surface area contributed by atoms with Crippen molar-refractivity contribution < 1.29 is 9.52 Å². The van der Waals surface area contributed by atoms with E-state index in [1.165, 1.54) is 0 Å². The number of aliphatic hydroxyl groups is 1. The number of hydrogen-bond acceptors (Lipinski definition) is 4. The summed E-state index contributed by atoms with van der Waals surface area (Å²) in [7, 11) is 0. The van der Waals surface area contributed by atoms with E-state index in [0.717, 1.165) is 43.9 Å². The van der Waals surface area contributed by atoms with Crippen LogP contribution in [0.1, 0.15) is 30.9 Å². The van der Waals surface area contributed by atoms with Gasteiger partial charge in [0.1, 0.15) is 18.1 Å². The molecule has 1 aliphatic rings. The van der Waals surface area contributed by atoms with Crippen LogP contribution in [-0.4, -0.2) is 36.2 Å². The van der Waals surface area contributed by atoms with Crippen molar-refractivity contribution in [1.82, 2.24) is 10.2 Å². The summed E-state index contributed by atoms with van der Waals surface area (Å²) in [5, 5.41) is 12.4. The highest BCUT2D eigenvalue weighted by molar-refractivity contribution is 5.13. The molecule has 0 radical (unpaired) electrons. The summed E-state index contributed by atoms with van der Waals surface area (Å²) in [6.45, 7) is 10.1. The highest BCUT2D eigenvalue weighted by Crippen LogP contribution is 2.29. The third kappa shape index (κ3) is 3.22. The molecule has 0 saturated carbocycles. The maximum Gasteiger partial charge on any atom is 0.129 e. The molecule has 1 aromatic heterocycles. The second-order valence-electron chi connectivity index (χ2n) is 4.93. The molecule has 18 heavy (non-hydrogen) atoms. The van der Waals surface area contributed by atoms with E-state index in [9.17, 15) is 0 Å². The average molecular weight is 250 g/mol. The molecule has 0 amide bonds. The molecular formula is C14H22N2O2. The summed E-state index contributed by atoms with van der Waals surface area (Å²) in [4.78, 5) is 2.42. The summed E-state index contributed by atoms with van der Waals surface area (Å²) in [6, 6.07) is 4.06. The first kappa shape index (κ1) is 13.3. The lowest BCUT2D eigenvalue weighted by Crippen LogP contribution is -2.45. The van der Waals surface area contributed by atoms with Crippen LogP contribution in [0.3, 0.4) is 0 Å². The Kier molecular flexibility index (Phi) is 4.58. The molecule has 1 atom stereocenters. The van der Waals surface area contributed by atoms with Crippen molar-refractivity contribution in [3.8, 4) is 0 Å². The fraction of sp³-hybridized carbons (Fsp3) is 0.571. The van der Waals surface area contributed by atoms with Crippen molar-refractivity contribution in [2.75, 3.05) is 26.2 Å². The minimum atomic E-state index is -0.0403. The second-order valence-corrected chi connectivity index (χ2v) is 4.93. The predicted molar refractivity (Wildman–Crippen MR) is 71.2 cm³/mol. The topological polar surface area (TPSA) is 48.6 Å². The molecule has 2 heterocycles. The average Bonchev–Trinajstić information content (AvgIpc) is 2.85. The lowest BCUT2D eigenvalue weighted by molar-refractivity contribution is 0.148. The Balaban J connectivity index is 2.15. The highest BCUT2D eigenvalue weighted by atomic mass is 16.4. The third-order valence-corrected chi connectivity index (χ3v) is 3.30. The van der Waals surface area contributed by atoms with E-state index in [2.05, 4.69) is 16.8 Å². The third-order valence-electron chi connectivity index (χ3n) is 3.30. The van der Waals surface area contributed by atoms with Crippen LogP contribution in [0.15, 0.2) is 28.7 Å². The van der Waals surface area contributed by atoms with Gasteiger partial charge in [-0.2, -0.15) is 0 Å². The molecule has 1 aliphatic heterocycles. The van der Waals surface area contributed by atoms with Crippen LogP contribution in [0.5, 0.6) is 0 Å². The molecule has 1 saturated heterocycles. The fourth-order valence-electron chi connectivity index (χ4n) is 2.39. The van der Waals surface area contributed by atoms with Crippen LogP contribution in [-0.2, 0) is 6.61 Å². The van der Waals surface area contributed by atoms with Crippen molar-refractivity contribution in [2.24, 2.45) is 0 Å². The number of nitrogens with zero attached hydrogens (tertiary/aromatic N) is 1. The quantitative estimate of drug-likeness (QED) is 0.781. The molecule has 0 aliphatic carbocycles. The van der Waals surface area contributed by atoms with Crippen LogP contribution in [0.25, 0.3) is 0 Å². The van der Waals surface area contributed by atoms with Gasteiger partial charge in [0.05, 0.1) is 6.04 Å². The molecule has 100 valence electrons. The molecular weight excluding hydrogens is 228 g/mol. The smallest absolute Gasteiger partial charge is 0.129 e. The molecule has 0 spiro atoms. The Morgan fingerprint density at radius 3 is 2.78 bits per heavy atom. The molecule has 0 unspecified atom stereocenters. The van der Waals surface area contributed by atoms with Crippen LogP contribution >= 0.6 is 0 Å². The minimum Gasteiger partial charge on any atom is -0.462 e. The SMILES string of the molecule is C=C(C)C[C@H](c1ccc(CO)o1)N1CCNCC1. The number of furan rings is 1. The number of rotatable bonds is 5. The van der Waals surface area contributed by atoms with Gasteiger partial charge < -0.3 is 14.8 Å². The molecule has 4 heteroatoms. The Morgan fingerprint density at radius 2 is 2.22 bits per heavy atom. The van der Waals surface area contributed by atoms with E-state index in [1.807, 2.05) is 19.1 Å². The first-order chi connectivity index (χ1) is 8.70. The predicted octanol–water partition coefficient (Wildman–Crippen LogP) is 1.68. The summed E-state index contributed by atoms with van der Waals surface area (Å²) in [6.07, 6.45) is 0.901. The van der Waals surface area contributed by atoms with E-state index in [0.29, 0.717) is 5.76 Å². The van der Waals surface area contributed by atoms with Gasteiger partial charge in [-0.05, 0) is 25.5 Å². The van der Waals surface area contributed by atoms with Crippen LogP contribution < -0.4 is 5.32 Å². The Hall–Kier alpha value is -1.10. The second kappa shape index (κ2) is 6.18. The lowest BCUT2D eigenvalue weighted by atomic mass is 10.0. The largest absolute Gasteiger partial charge is 0.462 e. The van der Waals surface area contributed by atoms with E-state index in [4.69, 9.17) is 9.52 Å². The highest BCUT2D eigenvalue weighted by Gasteiger charge is 2.24. The van der Waals surface area contributed by atoms with Crippen molar-refractivity contribution in [2.45, 2.75) is 26.0 Å². The Morgan fingerprint density at radius 1 is 1.50 bits per heavy atom. The van der Waals surface area contributed by atoms with Gasteiger partial charge in [-0.3, -0.25) is 4.90 Å². The van der Waals surface area contributed by atoms with Gasteiger partial charge in [-0.1, -0.05) is 5.57 Å². The van der Waals surface area contributed by atoms with Gasteiger partial charge in [0.25, 0.3) is 0 Å². The molecule has 1 fully saturated rings. The first-order valence-corrected chi connectivity index (χ1v) is 6.49. The van der Waals surface area contributed by atoms with Crippen LogP contribution in [0, 0.1) is 0 Å². The van der Waals surface area contributed by atoms with Crippen LogP contribution in [0.2, 0.25) is 0 Å². The summed E-state index contributed by atoms with van der Waals surface area (Å²) < 4.78 is 5.70. The summed E-state index contributed by atoms with van der Waals surface area (Å²) >= 11 is 0. The standard InChI is InChI=1S/C14H22N2O2/c1-11(2)9-13(16-7-5-15-6-8-16)14-4-3-12(10-17)18-14/h3-4,13,15,17H,1,5-10H2,2H3/t13-/m1/s1. The molecule has 2 N–H and O–H groups in total. The fourth-order valence-corrected chi connectivity index (χ4v) is 2.39. The monoisotopic (exact) mass is 250 g/mol. The van der Waals surface area contributed by atoms with Gasteiger partial charge >= 0.3 is 0 Å². The molecule has 1 aromatic rings. The zero-order valence-electron chi connectivity index (χ0n) is 11.0. The number of hydrogen-bond donors (Lipinski definition) is 2. The number of aliphatic hydroxyl groups excluding tert-OH is 1. The molecule has 2 rings (SSSR count). The lowest BCUT2D eigenvalue weighted by Gasteiger charge is -2.34. The zero-order chi connectivity index (χ0) is 13.0. The van der Waals surface area contributed by atoms with Crippen molar-refractivity contribution in [3.05, 3.63) is 35.8 Å². The molecule has 4 nitrogen and oxygen atoms in total. The van der Waals surface area contributed by atoms with Crippen molar-refractivity contribution in [3.63, 3.8) is 0 Å². The molecule has 0 aromatic carbocycles. The van der Waals surface area contributed by atoms with Gasteiger partial charge in [-0.25, -0.2) is 0 Å². The van der Waals surface area contributed by atoms with Gasteiger partial charge in [0.2, 0.25) is 0 Å². The van der Waals surface area contributed by atoms with E-state index in [1.54, 1.807) is 0 Å². The van der Waals surface area contributed by atoms with E-state index in [-0.39, 0.29) is 12.6 Å². The summed E-state index contributed by atoms with van der Waals surface area (Å²) in [5.41, 5.74) is 1.15. The van der Waals surface area contributed by atoms with Crippen molar-refractivity contribution >= 4 is 0 Å². The maximum atomic E-state index is 9.09. The number of nitrogens with one attached hydrogen (secondary N) is 1. The van der Waals surface area contributed by atoms with Gasteiger partial charge in [0, 0.05) is 26.2 Å². The normalized spacial score (nSPS) is 18.8. The van der Waals surface area contributed by atoms with Gasteiger partial charge in [0.15, 0.2) is 0 Å². The minimum absolute atomic E-state index is 0.0403. The van der Waals surface area contributed by atoms with Gasteiger partial charge in [-0.15, -0.1) is 6.58 Å². The zero-order valence-corrected chi connectivity index (χ0v) is 11.0. The van der Waals surface area contributed by atoms with E-state index < -0.39 is 0 Å². The Bertz CT molecular complexity index is 394. The number of piperazine rings is 1. The van der Waals surface area contributed by atoms with Crippen LogP contribution in [0.4, 0.5) is 0 Å². The maximum absolute atomic E-state index is 9.09. The first-order valence-electron chi connectivity index (χ1n) is 6.49. The molecule has 0 bridgehead atoms. The van der Waals surface area contributed by atoms with E-state index >= 15 is 0 Å².